The van der Waals surface area contributed by atoms with Gasteiger partial charge in [0.1, 0.15) is 11.8 Å². The average molecular weight is 348 g/mol. The fourth-order valence-electron chi connectivity index (χ4n) is 2.81. The topological polar surface area (TPSA) is 67.9 Å². The highest BCUT2D eigenvalue weighted by Crippen LogP contribution is 2.14. The number of morpholine rings is 1. The van der Waals surface area contributed by atoms with Gasteiger partial charge in [-0.05, 0) is 43.5 Å². The van der Waals surface area contributed by atoms with Gasteiger partial charge in [0, 0.05) is 18.7 Å². The van der Waals surface area contributed by atoms with Crippen LogP contribution in [-0.2, 0) is 9.53 Å². The Bertz CT molecular complexity index is 565. The Kier molecular flexibility index (Phi) is 7.25. The maximum absolute atomic E-state index is 12.8. The Balaban J connectivity index is 2.04. The number of rotatable bonds is 7. The molecule has 1 atom stereocenters. The van der Waals surface area contributed by atoms with Crippen LogP contribution in [0.3, 0.4) is 0 Å². The molecule has 1 N–H and O–H groups in total. The molecular weight excluding hydrogens is 320 g/mol. The van der Waals surface area contributed by atoms with E-state index >= 15 is 0 Å². The number of nitrogens with one attached hydrogen (secondary N) is 1. The van der Waals surface area contributed by atoms with Crippen molar-refractivity contribution >= 4 is 11.8 Å². The van der Waals surface area contributed by atoms with Crippen LogP contribution in [0.5, 0.6) is 5.75 Å². The van der Waals surface area contributed by atoms with Gasteiger partial charge in [0.2, 0.25) is 5.91 Å². The molecule has 1 aromatic rings. The minimum atomic E-state index is -0.517. The van der Waals surface area contributed by atoms with Gasteiger partial charge in [-0.15, -0.1) is 0 Å². The van der Waals surface area contributed by atoms with E-state index in [1.165, 1.54) is 0 Å². The van der Waals surface area contributed by atoms with Gasteiger partial charge in [-0.1, -0.05) is 13.8 Å². The molecule has 1 fully saturated rings. The maximum atomic E-state index is 12.8. The van der Waals surface area contributed by atoms with Crippen molar-refractivity contribution in [2.75, 3.05) is 32.9 Å². The van der Waals surface area contributed by atoms with E-state index in [1.807, 2.05) is 20.8 Å². The number of ether oxygens (including phenoxy) is 2. The van der Waals surface area contributed by atoms with Crippen LogP contribution < -0.4 is 10.1 Å². The average Bonchev–Trinajstić information content (AvgIpc) is 2.61. The zero-order chi connectivity index (χ0) is 18.2. The Morgan fingerprint density at radius 1 is 1.20 bits per heavy atom. The lowest BCUT2D eigenvalue weighted by atomic mass is 10.0. The number of benzene rings is 1. The molecule has 0 spiro atoms. The van der Waals surface area contributed by atoms with Crippen molar-refractivity contribution in [1.82, 2.24) is 10.2 Å². The Labute approximate surface area is 149 Å². The van der Waals surface area contributed by atoms with E-state index in [0.717, 1.165) is 5.75 Å². The van der Waals surface area contributed by atoms with Crippen molar-refractivity contribution in [2.45, 2.75) is 33.2 Å². The number of carbonyl (C=O) groups is 2. The van der Waals surface area contributed by atoms with Crippen LogP contribution in [0.15, 0.2) is 24.3 Å². The Morgan fingerprint density at radius 3 is 2.40 bits per heavy atom. The molecule has 0 radical (unpaired) electrons. The molecule has 1 unspecified atom stereocenters. The van der Waals surface area contributed by atoms with E-state index in [2.05, 4.69) is 5.32 Å². The predicted molar refractivity (Wildman–Crippen MR) is 95.7 cm³/mol. The third-order valence-corrected chi connectivity index (χ3v) is 4.06. The van der Waals surface area contributed by atoms with Crippen molar-refractivity contribution in [3.63, 3.8) is 0 Å². The summed E-state index contributed by atoms with van der Waals surface area (Å²) < 4.78 is 10.7. The van der Waals surface area contributed by atoms with Gasteiger partial charge in [0.15, 0.2) is 0 Å². The standard InChI is InChI=1S/C19H28N2O4/c1-4-25-16-7-5-15(6-8-16)18(22)20-17(13-14(2)3)19(23)21-9-11-24-12-10-21/h5-8,14,17H,4,9-13H2,1-3H3,(H,20,22). The molecule has 0 saturated carbocycles. The second-order valence-electron chi connectivity index (χ2n) is 6.55. The number of carbonyl (C=O) groups excluding carboxylic acids is 2. The van der Waals surface area contributed by atoms with Gasteiger partial charge >= 0.3 is 0 Å². The Morgan fingerprint density at radius 2 is 1.84 bits per heavy atom. The summed E-state index contributed by atoms with van der Waals surface area (Å²) in [6.07, 6.45) is 0.610. The fourth-order valence-corrected chi connectivity index (χ4v) is 2.81. The summed E-state index contributed by atoms with van der Waals surface area (Å²) in [5.74, 6) is 0.754. The molecule has 1 aliphatic rings. The van der Waals surface area contributed by atoms with Gasteiger partial charge in [0.25, 0.3) is 5.91 Å². The summed E-state index contributed by atoms with van der Waals surface area (Å²) in [4.78, 5) is 27.1. The lowest BCUT2D eigenvalue weighted by Gasteiger charge is -2.31. The summed E-state index contributed by atoms with van der Waals surface area (Å²) in [5, 5.41) is 2.90. The third kappa shape index (κ3) is 5.74. The van der Waals surface area contributed by atoms with Crippen molar-refractivity contribution in [3.05, 3.63) is 29.8 Å². The molecule has 0 aliphatic carbocycles. The summed E-state index contributed by atoms with van der Waals surface area (Å²) in [6, 6.07) is 6.44. The van der Waals surface area contributed by atoms with Crippen molar-refractivity contribution in [2.24, 2.45) is 5.92 Å². The molecule has 25 heavy (non-hydrogen) atoms. The predicted octanol–water partition coefficient (Wildman–Crippen LogP) is 2.09. The zero-order valence-electron chi connectivity index (χ0n) is 15.3. The maximum Gasteiger partial charge on any atom is 0.251 e. The Hall–Kier alpha value is -2.08. The van der Waals surface area contributed by atoms with Gasteiger partial charge in [0.05, 0.1) is 19.8 Å². The molecular formula is C19H28N2O4. The molecule has 1 heterocycles. The van der Waals surface area contributed by atoms with Gasteiger partial charge < -0.3 is 19.7 Å². The second-order valence-corrected chi connectivity index (χ2v) is 6.55. The minimum Gasteiger partial charge on any atom is -0.494 e. The van der Waals surface area contributed by atoms with E-state index in [0.29, 0.717) is 50.8 Å². The smallest absolute Gasteiger partial charge is 0.251 e. The quantitative estimate of drug-likeness (QED) is 0.819. The van der Waals surface area contributed by atoms with Crippen LogP contribution in [0.4, 0.5) is 0 Å². The molecule has 138 valence electrons. The van der Waals surface area contributed by atoms with Crippen molar-refractivity contribution < 1.29 is 19.1 Å². The number of nitrogens with zero attached hydrogens (tertiary/aromatic N) is 1. The molecule has 2 rings (SSSR count). The van der Waals surface area contributed by atoms with Crippen LogP contribution in [-0.4, -0.2) is 55.7 Å². The number of hydrogen-bond acceptors (Lipinski definition) is 4. The van der Waals surface area contributed by atoms with E-state index in [-0.39, 0.29) is 11.8 Å². The first-order valence-corrected chi connectivity index (χ1v) is 8.91. The summed E-state index contributed by atoms with van der Waals surface area (Å²) in [6.45, 7) is 8.83. The highest BCUT2D eigenvalue weighted by Gasteiger charge is 2.28. The lowest BCUT2D eigenvalue weighted by molar-refractivity contribution is -0.137. The summed E-state index contributed by atoms with van der Waals surface area (Å²) in [5.41, 5.74) is 0.520. The van der Waals surface area contributed by atoms with E-state index in [9.17, 15) is 9.59 Å². The van der Waals surface area contributed by atoms with E-state index < -0.39 is 6.04 Å². The first kappa shape index (κ1) is 19.2. The monoisotopic (exact) mass is 348 g/mol. The van der Waals surface area contributed by atoms with Crippen LogP contribution in [0.2, 0.25) is 0 Å². The van der Waals surface area contributed by atoms with Crippen molar-refractivity contribution in [3.8, 4) is 5.75 Å². The molecule has 0 bridgehead atoms. The minimum absolute atomic E-state index is 0.0312. The van der Waals surface area contributed by atoms with Gasteiger partial charge in [-0.3, -0.25) is 9.59 Å². The van der Waals surface area contributed by atoms with Crippen molar-refractivity contribution in [1.29, 1.82) is 0 Å². The zero-order valence-corrected chi connectivity index (χ0v) is 15.3. The molecule has 1 aliphatic heterocycles. The first-order chi connectivity index (χ1) is 12.0. The third-order valence-electron chi connectivity index (χ3n) is 4.06. The van der Waals surface area contributed by atoms with Crippen LogP contribution >= 0.6 is 0 Å². The van der Waals surface area contributed by atoms with Gasteiger partial charge in [-0.2, -0.15) is 0 Å². The van der Waals surface area contributed by atoms with E-state index in [4.69, 9.17) is 9.47 Å². The number of hydrogen-bond donors (Lipinski definition) is 1. The van der Waals surface area contributed by atoms with E-state index in [1.54, 1.807) is 29.2 Å². The molecule has 1 saturated heterocycles. The first-order valence-electron chi connectivity index (χ1n) is 8.91. The SMILES string of the molecule is CCOc1ccc(C(=O)NC(CC(C)C)C(=O)N2CCOCC2)cc1. The highest BCUT2D eigenvalue weighted by molar-refractivity contribution is 5.97. The molecule has 6 heteroatoms. The highest BCUT2D eigenvalue weighted by atomic mass is 16.5. The molecule has 2 amide bonds. The summed E-state index contributed by atoms with van der Waals surface area (Å²) in [7, 11) is 0. The molecule has 6 nitrogen and oxygen atoms in total. The van der Waals surface area contributed by atoms with Gasteiger partial charge in [-0.25, -0.2) is 0 Å². The fraction of sp³-hybridized carbons (Fsp3) is 0.579. The molecule has 0 aromatic heterocycles. The normalized spacial score (nSPS) is 15.8. The summed E-state index contributed by atoms with van der Waals surface area (Å²) >= 11 is 0. The lowest BCUT2D eigenvalue weighted by Crippen LogP contribution is -2.52. The van der Waals surface area contributed by atoms with Crippen LogP contribution in [0.25, 0.3) is 0 Å². The van der Waals surface area contributed by atoms with Crippen LogP contribution in [0.1, 0.15) is 37.6 Å². The van der Waals surface area contributed by atoms with Crippen LogP contribution in [0, 0.1) is 5.92 Å². The largest absolute Gasteiger partial charge is 0.494 e. The molecule has 1 aromatic carbocycles. The second kappa shape index (κ2) is 9.42. The number of amides is 2.